The van der Waals surface area contributed by atoms with Crippen molar-refractivity contribution in [3.8, 4) is 32.6 Å². The van der Waals surface area contributed by atoms with Crippen molar-refractivity contribution < 1.29 is 9.84 Å². The Kier molecular flexibility index (Phi) is 6.39. The number of rotatable bonds is 3. The van der Waals surface area contributed by atoms with Gasteiger partial charge in [-0.3, -0.25) is 9.97 Å². The van der Waals surface area contributed by atoms with Crippen molar-refractivity contribution in [1.29, 1.82) is 0 Å². The molecular weight excluding hydrogens is 603 g/mol. The summed E-state index contributed by atoms with van der Waals surface area (Å²) in [5, 5.41) is 21.1. The highest BCUT2D eigenvalue weighted by Gasteiger charge is 2.14. The van der Waals surface area contributed by atoms with Crippen LogP contribution in [0.15, 0.2) is 73.6 Å². The number of thiophene rings is 2. The van der Waals surface area contributed by atoms with Crippen LogP contribution in [0.4, 0.5) is 0 Å². The molecule has 1 N–H and O–H groups in total. The molecule has 8 heterocycles. The first-order valence-electron chi connectivity index (χ1n) is 12.0. The van der Waals surface area contributed by atoms with Crippen molar-refractivity contribution in [2.75, 3.05) is 7.11 Å². The van der Waals surface area contributed by atoms with Crippen LogP contribution >= 0.6 is 45.9 Å². The molecule has 0 aromatic carbocycles. The second kappa shape index (κ2) is 10.2. The number of methoxy groups -OCH3 is 1. The van der Waals surface area contributed by atoms with Crippen LogP contribution in [0.5, 0.6) is 11.5 Å². The van der Waals surface area contributed by atoms with E-state index in [1.807, 2.05) is 24.4 Å². The largest absolute Gasteiger partial charge is 0.505 e. The lowest BCUT2D eigenvalue weighted by Gasteiger charge is -1.98. The van der Waals surface area contributed by atoms with Crippen LogP contribution in [0.3, 0.4) is 0 Å². The maximum absolute atomic E-state index is 9.83. The van der Waals surface area contributed by atoms with Crippen LogP contribution in [0.1, 0.15) is 0 Å². The second-order valence-electron chi connectivity index (χ2n) is 8.70. The first-order chi connectivity index (χ1) is 20.0. The van der Waals surface area contributed by atoms with Crippen molar-refractivity contribution in [3.63, 3.8) is 0 Å². The number of hydrogen-bond donors (Lipinski definition) is 1. The van der Waals surface area contributed by atoms with Gasteiger partial charge in [-0.2, -0.15) is 10.2 Å². The monoisotopic (exact) mass is 618 g/mol. The second-order valence-corrected chi connectivity index (χ2v) is 11.6. The standard InChI is InChI=1S/C14H9ClN4OS.C13H7ClN4OS/c1-20-10-7-16-5-8-4-11(21-14(8)10)9-6-17-13-3-2-12(15)18-19(9)13;14-11-1-2-12-16-5-8(18(12)17-11)10-3-7-4-15-6-9(19)13(7)20-10/h2-7H,1H3;1-6,19H. The van der Waals surface area contributed by atoms with Gasteiger partial charge in [-0.05, 0) is 36.4 Å². The topological polar surface area (TPSA) is 116 Å². The molecule has 0 fully saturated rings. The van der Waals surface area contributed by atoms with E-state index in [2.05, 4.69) is 36.2 Å². The fourth-order valence-electron chi connectivity index (χ4n) is 4.32. The lowest BCUT2D eigenvalue weighted by atomic mass is 10.3. The third kappa shape index (κ3) is 4.60. The molecular formula is C27H16Cl2N8O2S2. The molecule has 10 nitrogen and oxygen atoms in total. The van der Waals surface area contributed by atoms with Gasteiger partial charge in [0.1, 0.15) is 21.7 Å². The number of aromatic nitrogens is 8. The minimum absolute atomic E-state index is 0.179. The molecule has 0 bridgehead atoms. The Morgan fingerprint density at radius 1 is 0.707 bits per heavy atom. The average molecular weight is 620 g/mol. The molecule has 0 atom stereocenters. The zero-order chi connectivity index (χ0) is 28.1. The molecule has 0 spiro atoms. The fraction of sp³-hybridized carbons (Fsp3) is 0.0370. The third-order valence-corrected chi connectivity index (χ3v) is 8.97. The molecule has 0 aliphatic rings. The van der Waals surface area contributed by atoms with Gasteiger partial charge in [0.25, 0.3) is 0 Å². The number of hydrogen-bond acceptors (Lipinski definition) is 10. The van der Waals surface area contributed by atoms with E-state index < -0.39 is 0 Å². The lowest BCUT2D eigenvalue weighted by Crippen LogP contribution is -1.92. The lowest BCUT2D eigenvalue weighted by molar-refractivity contribution is 0.419. The Morgan fingerprint density at radius 2 is 1.24 bits per heavy atom. The summed E-state index contributed by atoms with van der Waals surface area (Å²) in [4.78, 5) is 18.8. The summed E-state index contributed by atoms with van der Waals surface area (Å²) in [6.45, 7) is 0. The molecule has 8 aromatic heterocycles. The predicted molar refractivity (Wildman–Crippen MR) is 161 cm³/mol. The zero-order valence-corrected chi connectivity index (χ0v) is 24.1. The minimum Gasteiger partial charge on any atom is -0.505 e. The van der Waals surface area contributed by atoms with E-state index in [1.165, 1.54) is 17.5 Å². The Labute approximate surface area is 249 Å². The molecule has 8 rings (SSSR count). The molecule has 14 heteroatoms. The normalized spacial score (nSPS) is 11.4. The average Bonchev–Trinajstić information content (AvgIpc) is 3.76. The van der Waals surface area contributed by atoms with E-state index in [9.17, 15) is 5.11 Å². The van der Waals surface area contributed by atoms with E-state index in [4.69, 9.17) is 27.9 Å². The number of nitrogens with zero attached hydrogens (tertiary/aromatic N) is 8. The summed E-state index contributed by atoms with van der Waals surface area (Å²) in [5.41, 5.74) is 3.22. The van der Waals surface area contributed by atoms with Gasteiger partial charge in [-0.15, -0.1) is 22.7 Å². The van der Waals surface area contributed by atoms with E-state index in [0.29, 0.717) is 10.3 Å². The molecule has 0 aliphatic carbocycles. The first-order valence-corrected chi connectivity index (χ1v) is 14.4. The maximum atomic E-state index is 9.83. The van der Waals surface area contributed by atoms with Gasteiger partial charge in [-0.25, -0.2) is 19.0 Å². The van der Waals surface area contributed by atoms with Crippen LogP contribution < -0.4 is 4.74 Å². The molecule has 202 valence electrons. The van der Waals surface area contributed by atoms with E-state index in [-0.39, 0.29) is 5.75 Å². The van der Waals surface area contributed by atoms with Crippen LogP contribution in [-0.2, 0) is 0 Å². The highest BCUT2D eigenvalue weighted by atomic mass is 35.5. The van der Waals surface area contributed by atoms with Gasteiger partial charge in [0, 0.05) is 23.2 Å². The van der Waals surface area contributed by atoms with Crippen LogP contribution in [0.2, 0.25) is 10.3 Å². The van der Waals surface area contributed by atoms with E-state index in [0.717, 1.165) is 58.4 Å². The van der Waals surface area contributed by atoms with E-state index in [1.54, 1.807) is 64.4 Å². The summed E-state index contributed by atoms with van der Waals surface area (Å²) >= 11 is 15.0. The third-order valence-electron chi connectivity index (χ3n) is 6.18. The van der Waals surface area contributed by atoms with Crippen molar-refractivity contribution in [2.24, 2.45) is 0 Å². The number of aromatic hydroxyl groups is 1. The molecule has 0 unspecified atom stereocenters. The van der Waals surface area contributed by atoms with Crippen molar-refractivity contribution in [1.82, 2.24) is 39.2 Å². The smallest absolute Gasteiger partial charge is 0.154 e. The Bertz CT molecular complexity index is 2220. The van der Waals surface area contributed by atoms with Gasteiger partial charge >= 0.3 is 0 Å². The first kappa shape index (κ1) is 25.6. The summed E-state index contributed by atoms with van der Waals surface area (Å²) in [6.07, 6.45) is 10.2. The number of halogens is 2. The van der Waals surface area contributed by atoms with Gasteiger partial charge in [0.15, 0.2) is 22.8 Å². The van der Waals surface area contributed by atoms with Gasteiger partial charge in [0.05, 0.1) is 51.1 Å². The highest BCUT2D eigenvalue weighted by molar-refractivity contribution is 7.23. The van der Waals surface area contributed by atoms with Crippen molar-refractivity contribution >= 4 is 77.3 Å². The quantitative estimate of drug-likeness (QED) is 0.224. The summed E-state index contributed by atoms with van der Waals surface area (Å²) in [6, 6.07) is 11.1. The van der Waals surface area contributed by atoms with Crippen molar-refractivity contribution in [2.45, 2.75) is 0 Å². The number of fused-ring (bicyclic) bond motifs is 4. The predicted octanol–water partition coefficient (Wildman–Crippen LogP) is 7.03. The summed E-state index contributed by atoms with van der Waals surface area (Å²) < 4.78 is 10.6. The maximum Gasteiger partial charge on any atom is 0.154 e. The van der Waals surface area contributed by atoms with Crippen LogP contribution in [0, 0.1) is 0 Å². The van der Waals surface area contributed by atoms with E-state index >= 15 is 0 Å². The number of imidazole rings is 2. The number of pyridine rings is 2. The fourth-order valence-corrected chi connectivity index (χ4v) is 6.75. The Hall–Kier alpha value is -4.36. The molecule has 0 aliphatic heterocycles. The van der Waals surface area contributed by atoms with Crippen LogP contribution in [-0.4, -0.2) is 51.4 Å². The summed E-state index contributed by atoms with van der Waals surface area (Å²) in [7, 11) is 1.64. The van der Waals surface area contributed by atoms with Crippen molar-refractivity contribution in [3.05, 3.63) is 83.9 Å². The molecule has 0 amide bonds. The SMILES string of the molecule is COc1cncc2cc(-c3cnc4ccc(Cl)nn34)sc12.Oc1cncc2cc(-c3cnc4ccc(Cl)nn34)sc12. The molecule has 0 radical (unpaired) electrons. The Balaban J connectivity index is 0.000000135. The number of ether oxygens (including phenoxy) is 1. The zero-order valence-electron chi connectivity index (χ0n) is 20.9. The van der Waals surface area contributed by atoms with Gasteiger partial charge < -0.3 is 9.84 Å². The van der Waals surface area contributed by atoms with Gasteiger partial charge in [-0.1, -0.05) is 23.2 Å². The molecule has 41 heavy (non-hydrogen) atoms. The molecule has 8 aromatic rings. The van der Waals surface area contributed by atoms with Crippen LogP contribution in [0.25, 0.3) is 52.6 Å². The minimum atomic E-state index is 0.179. The Morgan fingerprint density at radius 3 is 1.80 bits per heavy atom. The molecule has 0 saturated carbocycles. The summed E-state index contributed by atoms with van der Waals surface area (Å²) in [5.74, 6) is 0.946. The molecule has 0 saturated heterocycles. The highest BCUT2D eigenvalue weighted by Crippen LogP contribution is 2.39. The van der Waals surface area contributed by atoms with Gasteiger partial charge in [0.2, 0.25) is 0 Å².